The minimum Gasteiger partial charge on any atom is -0.478 e. The summed E-state index contributed by atoms with van der Waals surface area (Å²) in [6.07, 6.45) is -0.0457. The molecule has 0 saturated carbocycles. The first-order chi connectivity index (χ1) is 8.80. The van der Waals surface area contributed by atoms with Gasteiger partial charge in [0.15, 0.2) is 0 Å². The molecule has 0 radical (unpaired) electrons. The van der Waals surface area contributed by atoms with Crippen LogP contribution < -0.4 is 0 Å². The van der Waals surface area contributed by atoms with Gasteiger partial charge in [-0.05, 0) is 18.2 Å². The molecule has 19 heavy (non-hydrogen) atoms. The van der Waals surface area contributed by atoms with Crippen LogP contribution in [-0.4, -0.2) is 37.4 Å². The van der Waals surface area contributed by atoms with Crippen molar-refractivity contribution in [3.8, 4) is 6.07 Å². The number of halogens is 1. The smallest absolute Gasteiger partial charge is 0.335 e. The molecular weight excluding hydrogens is 275 g/mol. The highest BCUT2D eigenvalue weighted by Gasteiger charge is 2.25. The van der Waals surface area contributed by atoms with Crippen molar-refractivity contribution < 1.29 is 22.7 Å². The number of hydrogen-bond acceptors (Lipinski definition) is 4. The van der Waals surface area contributed by atoms with Crippen molar-refractivity contribution in [1.29, 1.82) is 5.26 Å². The van der Waals surface area contributed by atoms with Crippen LogP contribution in [0.5, 0.6) is 0 Å². The van der Waals surface area contributed by atoms with Gasteiger partial charge >= 0.3 is 5.97 Å². The zero-order valence-electron chi connectivity index (χ0n) is 10.00. The number of nitrogens with zero attached hydrogens (tertiary/aromatic N) is 2. The van der Waals surface area contributed by atoms with Crippen molar-refractivity contribution in [2.45, 2.75) is 11.3 Å². The molecule has 1 N–H and O–H groups in total. The maximum Gasteiger partial charge on any atom is 0.335 e. The van der Waals surface area contributed by atoms with E-state index in [9.17, 15) is 17.6 Å². The normalized spacial score (nSPS) is 11.3. The van der Waals surface area contributed by atoms with Gasteiger partial charge in [0.05, 0.1) is 11.6 Å². The average Bonchev–Trinajstić information content (AvgIpc) is 2.35. The van der Waals surface area contributed by atoms with Crippen LogP contribution in [0.2, 0.25) is 0 Å². The SMILES string of the molecule is CN(CCC#N)S(=O)(=O)c1cc(C(=O)O)ccc1F. The second-order valence-electron chi connectivity index (χ2n) is 3.69. The number of rotatable bonds is 5. The van der Waals surface area contributed by atoms with Crippen LogP contribution in [0.25, 0.3) is 0 Å². The lowest BCUT2D eigenvalue weighted by atomic mass is 10.2. The first-order valence-corrected chi connectivity index (χ1v) is 6.61. The van der Waals surface area contributed by atoms with Gasteiger partial charge in [-0.1, -0.05) is 0 Å². The van der Waals surface area contributed by atoms with Gasteiger partial charge < -0.3 is 5.11 Å². The molecule has 1 rings (SSSR count). The van der Waals surface area contributed by atoms with Gasteiger partial charge in [-0.15, -0.1) is 0 Å². The van der Waals surface area contributed by atoms with E-state index in [4.69, 9.17) is 10.4 Å². The molecule has 0 aliphatic heterocycles. The number of carboxylic acid groups (broad SMARTS) is 1. The highest BCUT2D eigenvalue weighted by atomic mass is 32.2. The molecule has 0 bridgehead atoms. The van der Waals surface area contributed by atoms with E-state index in [-0.39, 0.29) is 18.5 Å². The van der Waals surface area contributed by atoms with E-state index >= 15 is 0 Å². The van der Waals surface area contributed by atoms with Crippen molar-refractivity contribution in [2.75, 3.05) is 13.6 Å². The molecule has 0 amide bonds. The fourth-order valence-corrected chi connectivity index (χ4v) is 2.59. The maximum absolute atomic E-state index is 13.5. The maximum atomic E-state index is 13.5. The Morgan fingerprint density at radius 1 is 1.53 bits per heavy atom. The fourth-order valence-electron chi connectivity index (χ4n) is 1.33. The van der Waals surface area contributed by atoms with Gasteiger partial charge in [-0.3, -0.25) is 0 Å². The molecule has 0 aliphatic carbocycles. The predicted octanol–water partition coefficient (Wildman–Crippen LogP) is 1.06. The molecule has 102 valence electrons. The lowest BCUT2D eigenvalue weighted by molar-refractivity contribution is 0.0696. The van der Waals surface area contributed by atoms with Crippen molar-refractivity contribution in [3.05, 3.63) is 29.6 Å². The highest BCUT2D eigenvalue weighted by Crippen LogP contribution is 2.20. The molecule has 0 atom stereocenters. The number of carbonyl (C=O) groups is 1. The van der Waals surface area contributed by atoms with Crippen molar-refractivity contribution in [2.24, 2.45) is 0 Å². The number of nitriles is 1. The molecular formula is C11H11FN2O4S. The van der Waals surface area contributed by atoms with Crippen LogP contribution in [0.4, 0.5) is 4.39 Å². The number of benzene rings is 1. The van der Waals surface area contributed by atoms with E-state index < -0.39 is 26.7 Å². The van der Waals surface area contributed by atoms with Crippen LogP contribution in [0, 0.1) is 17.1 Å². The van der Waals surface area contributed by atoms with Gasteiger partial charge in [-0.25, -0.2) is 17.6 Å². The van der Waals surface area contributed by atoms with Crippen molar-refractivity contribution in [1.82, 2.24) is 4.31 Å². The van der Waals surface area contributed by atoms with E-state index in [1.54, 1.807) is 6.07 Å². The molecule has 0 saturated heterocycles. The van der Waals surface area contributed by atoms with Crippen molar-refractivity contribution in [3.63, 3.8) is 0 Å². The number of carboxylic acids is 1. The Morgan fingerprint density at radius 3 is 2.68 bits per heavy atom. The summed E-state index contributed by atoms with van der Waals surface area (Å²) in [4.78, 5) is 10.0. The highest BCUT2D eigenvalue weighted by molar-refractivity contribution is 7.89. The number of hydrogen-bond donors (Lipinski definition) is 1. The molecule has 0 aromatic heterocycles. The topological polar surface area (TPSA) is 98.5 Å². The lowest BCUT2D eigenvalue weighted by Gasteiger charge is -2.16. The Balaban J connectivity index is 3.24. The largest absolute Gasteiger partial charge is 0.478 e. The Kier molecular flexibility index (Phi) is 4.58. The van der Waals surface area contributed by atoms with E-state index in [1.165, 1.54) is 7.05 Å². The molecule has 0 spiro atoms. The fraction of sp³-hybridized carbons (Fsp3) is 0.273. The summed E-state index contributed by atoms with van der Waals surface area (Å²) in [5, 5.41) is 17.2. The summed E-state index contributed by atoms with van der Waals surface area (Å²) in [5.41, 5.74) is -0.325. The third-order valence-electron chi connectivity index (χ3n) is 2.40. The van der Waals surface area contributed by atoms with Crippen LogP contribution in [0.15, 0.2) is 23.1 Å². The summed E-state index contributed by atoms with van der Waals surface area (Å²) in [6.45, 7) is -0.102. The second-order valence-corrected chi connectivity index (χ2v) is 5.70. The van der Waals surface area contributed by atoms with Crippen LogP contribution in [0.1, 0.15) is 16.8 Å². The van der Waals surface area contributed by atoms with Gasteiger partial charge in [0.2, 0.25) is 10.0 Å². The first-order valence-electron chi connectivity index (χ1n) is 5.17. The summed E-state index contributed by atoms with van der Waals surface area (Å²) in [6, 6.07) is 4.30. The Morgan fingerprint density at radius 2 is 2.16 bits per heavy atom. The predicted molar refractivity (Wildman–Crippen MR) is 63.4 cm³/mol. The molecule has 8 heteroatoms. The Bertz CT molecular complexity index is 637. The van der Waals surface area contributed by atoms with Gasteiger partial charge in [0.25, 0.3) is 0 Å². The summed E-state index contributed by atoms with van der Waals surface area (Å²) in [7, 11) is -2.96. The Labute approximate surface area is 109 Å². The lowest BCUT2D eigenvalue weighted by Crippen LogP contribution is -2.28. The molecule has 1 aromatic rings. The zero-order valence-corrected chi connectivity index (χ0v) is 10.8. The van der Waals surface area contributed by atoms with E-state index in [0.717, 1.165) is 22.5 Å². The molecule has 0 fully saturated rings. The average molecular weight is 286 g/mol. The van der Waals surface area contributed by atoms with Crippen LogP contribution in [0.3, 0.4) is 0 Å². The monoisotopic (exact) mass is 286 g/mol. The summed E-state index contributed by atoms with van der Waals surface area (Å²) >= 11 is 0. The summed E-state index contributed by atoms with van der Waals surface area (Å²) in [5.74, 6) is -2.38. The van der Waals surface area contributed by atoms with Gasteiger partial charge in [0, 0.05) is 20.0 Å². The minimum absolute atomic E-state index is 0.0457. The molecule has 0 aliphatic rings. The van der Waals surface area contributed by atoms with E-state index in [1.807, 2.05) is 0 Å². The number of sulfonamides is 1. The molecule has 1 aromatic carbocycles. The zero-order chi connectivity index (χ0) is 14.6. The van der Waals surface area contributed by atoms with Crippen LogP contribution >= 0.6 is 0 Å². The molecule has 0 unspecified atom stereocenters. The van der Waals surface area contributed by atoms with Gasteiger partial charge in [-0.2, -0.15) is 9.57 Å². The third kappa shape index (κ3) is 3.27. The van der Waals surface area contributed by atoms with Gasteiger partial charge in [0.1, 0.15) is 10.7 Å². The molecule has 0 heterocycles. The minimum atomic E-state index is -4.15. The van der Waals surface area contributed by atoms with E-state index in [0.29, 0.717) is 0 Å². The van der Waals surface area contributed by atoms with Crippen molar-refractivity contribution >= 4 is 16.0 Å². The first kappa shape index (κ1) is 15.1. The van der Waals surface area contributed by atoms with Crippen LogP contribution in [-0.2, 0) is 10.0 Å². The number of aromatic carboxylic acids is 1. The van der Waals surface area contributed by atoms with E-state index in [2.05, 4.69) is 0 Å². The quantitative estimate of drug-likeness (QED) is 0.872. The standard InChI is InChI=1S/C11H11FN2O4S/c1-14(6-2-5-13)19(17,18)10-7-8(11(15)16)3-4-9(10)12/h3-4,7H,2,6H2,1H3,(H,15,16). The Hall–Kier alpha value is -1.98. The molecule has 6 nitrogen and oxygen atoms in total. The third-order valence-corrected chi connectivity index (χ3v) is 4.28. The summed E-state index contributed by atoms with van der Waals surface area (Å²) < 4.78 is 38.4. The second kappa shape index (κ2) is 5.77.